The minimum Gasteiger partial charge on any atom is -0.493 e. The normalized spacial score (nSPS) is 16.3. The van der Waals surface area contributed by atoms with E-state index in [4.69, 9.17) is 25.8 Å². The molecule has 0 aromatic heterocycles. The quantitative estimate of drug-likeness (QED) is 0.729. The first-order valence-electron chi connectivity index (χ1n) is 6.67. The van der Waals surface area contributed by atoms with Gasteiger partial charge in [0.1, 0.15) is 0 Å². The molecule has 1 aliphatic rings. The zero-order valence-electron chi connectivity index (χ0n) is 12.9. The lowest BCUT2D eigenvalue weighted by molar-refractivity contribution is -0.123. The highest BCUT2D eigenvalue weighted by atomic mass is 35.5. The van der Waals surface area contributed by atoms with Crippen molar-refractivity contribution >= 4 is 40.6 Å². The Kier molecular flexibility index (Phi) is 5.92. The Labute approximate surface area is 143 Å². The summed E-state index contributed by atoms with van der Waals surface area (Å²) in [6.07, 6.45) is 1.57. The van der Waals surface area contributed by atoms with Crippen LogP contribution in [0.2, 0.25) is 5.02 Å². The molecule has 0 bridgehead atoms. The molecule has 23 heavy (non-hydrogen) atoms. The van der Waals surface area contributed by atoms with E-state index in [0.29, 0.717) is 33.6 Å². The van der Waals surface area contributed by atoms with E-state index in [0.717, 1.165) is 16.7 Å². The van der Waals surface area contributed by atoms with Crippen molar-refractivity contribution < 1.29 is 23.8 Å². The van der Waals surface area contributed by atoms with E-state index in [2.05, 4.69) is 0 Å². The molecule has 1 aliphatic heterocycles. The molecule has 0 unspecified atom stereocenters. The molecule has 0 spiro atoms. The number of imide groups is 1. The predicted molar refractivity (Wildman–Crippen MR) is 89.1 cm³/mol. The summed E-state index contributed by atoms with van der Waals surface area (Å²) in [6.45, 7) is 0.514. The van der Waals surface area contributed by atoms with Crippen molar-refractivity contribution in [2.75, 3.05) is 34.5 Å². The van der Waals surface area contributed by atoms with Gasteiger partial charge >= 0.3 is 0 Å². The van der Waals surface area contributed by atoms with Gasteiger partial charge < -0.3 is 14.2 Å². The SMILES string of the molecule is COCCN1C(=O)S/C(=C/c2cc(OC)c(OC)cc2Cl)C1=O. The van der Waals surface area contributed by atoms with E-state index in [1.807, 2.05) is 0 Å². The maximum atomic E-state index is 12.3. The summed E-state index contributed by atoms with van der Waals surface area (Å²) in [5.74, 6) is 0.618. The van der Waals surface area contributed by atoms with Crippen LogP contribution < -0.4 is 9.47 Å². The van der Waals surface area contributed by atoms with Gasteiger partial charge in [-0.3, -0.25) is 14.5 Å². The van der Waals surface area contributed by atoms with Gasteiger partial charge in [-0.1, -0.05) is 11.6 Å². The van der Waals surface area contributed by atoms with Crippen LogP contribution in [0, 0.1) is 0 Å². The maximum absolute atomic E-state index is 12.3. The molecule has 2 amide bonds. The fourth-order valence-corrected chi connectivity index (χ4v) is 3.06. The molecular formula is C15H16ClNO5S. The third-order valence-corrected chi connectivity index (χ3v) is 4.42. The van der Waals surface area contributed by atoms with Gasteiger partial charge in [-0.25, -0.2) is 0 Å². The molecule has 1 saturated heterocycles. The van der Waals surface area contributed by atoms with Crippen LogP contribution in [0.3, 0.4) is 0 Å². The summed E-state index contributed by atoms with van der Waals surface area (Å²) < 4.78 is 15.3. The second-order valence-corrected chi connectivity index (χ2v) is 5.96. The lowest BCUT2D eigenvalue weighted by atomic mass is 10.1. The van der Waals surface area contributed by atoms with E-state index in [-0.39, 0.29) is 17.7 Å². The van der Waals surface area contributed by atoms with Crippen LogP contribution in [0.1, 0.15) is 5.56 Å². The van der Waals surface area contributed by atoms with Gasteiger partial charge in [-0.2, -0.15) is 0 Å². The van der Waals surface area contributed by atoms with Crippen LogP contribution in [-0.2, 0) is 9.53 Å². The van der Waals surface area contributed by atoms with Crippen molar-refractivity contribution in [1.82, 2.24) is 4.90 Å². The number of ether oxygens (including phenoxy) is 3. The first kappa shape index (κ1) is 17.7. The molecule has 0 radical (unpaired) electrons. The van der Waals surface area contributed by atoms with Gasteiger partial charge in [0.2, 0.25) is 0 Å². The summed E-state index contributed by atoms with van der Waals surface area (Å²) in [5.41, 5.74) is 0.571. The number of carbonyl (C=O) groups is 2. The standard InChI is InChI=1S/C15H16ClNO5S/c1-20-5-4-17-14(18)13(23-15(17)19)7-9-6-11(21-2)12(22-3)8-10(9)16/h6-8H,4-5H2,1-3H3/b13-7+. The fraction of sp³-hybridized carbons (Fsp3) is 0.333. The fourth-order valence-electron chi connectivity index (χ4n) is 2.00. The predicted octanol–water partition coefficient (Wildman–Crippen LogP) is 3.04. The van der Waals surface area contributed by atoms with Crippen molar-refractivity contribution in [3.05, 3.63) is 27.6 Å². The van der Waals surface area contributed by atoms with E-state index < -0.39 is 0 Å². The van der Waals surface area contributed by atoms with Gasteiger partial charge in [0.15, 0.2) is 11.5 Å². The average molecular weight is 358 g/mol. The maximum Gasteiger partial charge on any atom is 0.293 e. The largest absolute Gasteiger partial charge is 0.493 e. The topological polar surface area (TPSA) is 65.1 Å². The van der Waals surface area contributed by atoms with Crippen molar-refractivity contribution in [1.29, 1.82) is 0 Å². The number of methoxy groups -OCH3 is 3. The van der Waals surface area contributed by atoms with Gasteiger partial charge in [-0.15, -0.1) is 0 Å². The first-order chi connectivity index (χ1) is 11.0. The number of amides is 2. The van der Waals surface area contributed by atoms with Crippen LogP contribution in [-0.4, -0.2) is 50.5 Å². The molecule has 1 fully saturated rings. The zero-order valence-corrected chi connectivity index (χ0v) is 14.5. The Morgan fingerprint density at radius 3 is 2.43 bits per heavy atom. The highest BCUT2D eigenvalue weighted by Crippen LogP contribution is 2.37. The van der Waals surface area contributed by atoms with Crippen LogP contribution in [0.4, 0.5) is 4.79 Å². The molecule has 0 aliphatic carbocycles. The number of benzene rings is 1. The summed E-state index contributed by atoms with van der Waals surface area (Å²) >= 11 is 7.07. The van der Waals surface area contributed by atoms with E-state index in [1.165, 1.54) is 21.3 Å². The van der Waals surface area contributed by atoms with Crippen LogP contribution in [0.25, 0.3) is 6.08 Å². The van der Waals surface area contributed by atoms with Crippen LogP contribution >= 0.6 is 23.4 Å². The molecular weight excluding hydrogens is 342 g/mol. The molecule has 0 N–H and O–H groups in total. The summed E-state index contributed by atoms with van der Waals surface area (Å²) in [7, 11) is 4.53. The Bertz CT molecular complexity index is 662. The second kappa shape index (κ2) is 7.72. The summed E-state index contributed by atoms with van der Waals surface area (Å²) in [6, 6.07) is 3.26. The Morgan fingerprint density at radius 1 is 1.17 bits per heavy atom. The molecule has 124 valence electrons. The number of rotatable bonds is 6. The van der Waals surface area contributed by atoms with Crippen molar-refractivity contribution in [2.24, 2.45) is 0 Å². The van der Waals surface area contributed by atoms with Crippen LogP contribution in [0.5, 0.6) is 11.5 Å². The summed E-state index contributed by atoms with van der Waals surface area (Å²) in [4.78, 5) is 25.6. The highest BCUT2D eigenvalue weighted by molar-refractivity contribution is 8.18. The van der Waals surface area contributed by atoms with E-state index in [9.17, 15) is 9.59 Å². The molecule has 0 atom stereocenters. The number of halogens is 1. The van der Waals surface area contributed by atoms with Crippen molar-refractivity contribution in [2.45, 2.75) is 0 Å². The monoisotopic (exact) mass is 357 g/mol. The van der Waals surface area contributed by atoms with Crippen molar-refractivity contribution in [3.63, 3.8) is 0 Å². The molecule has 1 aromatic rings. The second-order valence-electron chi connectivity index (χ2n) is 4.55. The third-order valence-electron chi connectivity index (χ3n) is 3.18. The van der Waals surface area contributed by atoms with Crippen molar-refractivity contribution in [3.8, 4) is 11.5 Å². The number of carbonyl (C=O) groups excluding carboxylic acids is 2. The van der Waals surface area contributed by atoms with E-state index >= 15 is 0 Å². The molecule has 2 rings (SSSR count). The first-order valence-corrected chi connectivity index (χ1v) is 7.87. The number of hydrogen-bond acceptors (Lipinski definition) is 6. The van der Waals surface area contributed by atoms with Gasteiger partial charge in [0, 0.05) is 13.2 Å². The Morgan fingerprint density at radius 2 is 1.83 bits per heavy atom. The van der Waals surface area contributed by atoms with Crippen LogP contribution in [0.15, 0.2) is 17.0 Å². The molecule has 1 heterocycles. The number of hydrogen-bond donors (Lipinski definition) is 0. The average Bonchev–Trinajstić information content (AvgIpc) is 2.80. The Balaban J connectivity index is 2.32. The van der Waals surface area contributed by atoms with Gasteiger partial charge in [0.25, 0.3) is 11.1 Å². The smallest absolute Gasteiger partial charge is 0.293 e. The minimum atomic E-state index is -0.358. The molecule has 1 aromatic carbocycles. The minimum absolute atomic E-state index is 0.220. The lowest BCUT2D eigenvalue weighted by Gasteiger charge is -2.11. The Hall–Kier alpha value is -1.70. The molecule has 8 heteroatoms. The zero-order chi connectivity index (χ0) is 17.0. The van der Waals surface area contributed by atoms with Gasteiger partial charge in [0.05, 0.1) is 37.3 Å². The van der Waals surface area contributed by atoms with Gasteiger partial charge in [-0.05, 0) is 29.5 Å². The number of nitrogens with zero attached hydrogens (tertiary/aromatic N) is 1. The molecule has 6 nitrogen and oxygen atoms in total. The lowest BCUT2D eigenvalue weighted by Crippen LogP contribution is -2.31. The van der Waals surface area contributed by atoms with E-state index in [1.54, 1.807) is 18.2 Å². The highest BCUT2D eigenvalue weighted by Gasteiger charge is 2.34. The molecule has 0 saturated carbocycles. The third kappa shape index (κ3) is 3.80. The summed E-state index contributed by atoms with van der Waals surface area (Å²) in [5, 5.41) is 0.0706. The number of thioether (sulfide) groups is 1.